The van der Waals surface area contributed by atoms with Crippen LogP contribution in [0.3, 0.4) is 0 Å². The lowest BCUT2D eigenvalue weighted by atomic mass is 10.0. The van der Waals surface area contributed by atoms with Crippen LogP contribution in [0, 0.1) is 13.8 Å². The van der Waals surface area contributed by atoms with Gasteiger partial charge in [-0.15, -0.1) is 0 Å². The van der Waals surface area contributed by atoms with Gasteiger partial charge in [0.2, 0.25) is 0 Å². The molecule has 1 saturated heterocycles. The second-order valence-electron chi connectivity index (χ2n) is 5.43. The molecule has 0 aromatic carbocycles. The number of hydrogen-bond donors (Lipinski definition) is 0. The van der Waals surface area contributed by atoms with Gasteiger partial charge in [-0.1, -0.05) is 0 Å². The van der Waals surface area contributed by atoms with Crippen molar-refractivity contribution in [3.8, 4) is 0 Å². The highest BCUT2D eigenvalue weighted by Crippen LogP contribution is 2.24. The van der Waals surface area contributed by atoms with E-state index in [0.717, 1.165) is 37.2 Å². The highest BCUT2D eigenvalue weighted by Gasteiger charge is 2.26. The number of aryl methyl sites for hydroxylation is 2. The van der Waals surface area contributed by atoms with E-state index in [1.807, 2.05) is 28.7 Å². The largest absolute Gasteiger partial charge is 0.336 e. The monoisotopic (exact) mass is 289 g/mol. The minimum atomic E-state index is 0.150. The number of piperidine rings is 1. The summed E-state index contributed by atoms with van der Waals surface area (Å²) in [6, 6.07) is 4.31. The van der Waals surface area contributed by atoms with Crippen LogP contribution in [-0.2, 0) is 0 Å². The zero-order valence-electron chi connectivity index (χ0n) is 11.9. The lowest BCUT2D eigenvalue weighted by Gasteiger charge is -2.33. The second kappa shape index (κ2) is 5.40. The molecule has 0 saturated carbocycles. The first kappa shape index (κ1) is 13.4. The lowest BCUT2D eigenvalue weighted by molar-refractivity contribution is 0.0672. The van der Waals surface area contributed by atoms with Crippen LogP contribution in [0.5, 0.6) is 0 Å². The molecule has 1 fully saturated rings. The van der Waals surface area contributed by atoms with Crippen LogP contribution in [-0.4, -0.2) is 33.7 Å². The van der Waals surface area contributed by atoms with Crippen LogP contribution in [0.25, 0.3) is 0 Å². The number of hydrogen-bond acceptors (Lipinski definition) is 3. The van der Waals surface area contributed by atoms with Gasteiger partial charge in [-0.3, -0.25) is 9.48 Å². The summed E-state index contributed by atoms with van der Waals surface area (Å²) in [5, 5.41) is 8.45. The molecule has 20 heavy (non-hydrogen) atoms. The van der Waals surface area contributed by atoms with E-state index in [0.29, 0.717) is 6.04 Å². The Bertz CT molecular complexity index is 603. The quantitative estimate of drug-likeness (QED) is 0.852. The Morgan fingerprint density at radius 1 is 1.45 bits per heavy atom. The van der Waals surface area contributed by atoms with Gasteiger partial charge in [0.1, 0.15) is 0 Å². The number of amides is 1. The van der Waals surface area contributed by atoms with E-state index in [1.54, 1.807) is 11.3 Å². The summed E-state index contributed by atoms with van der Waals surface area (Å²) in [4.78, 5) is 14.4. The van der Waals surface area contributed by atoms with Gasteiger partial charge < -0.3 is 4.90 Å². The molecule has 0 N–H and O–H groups in total. The van der Waals surface area contributed by atoms with Crippen molar-refractivity contribution in [3.63, 3.8) is 0 Å². The molecule has 1 atom stereocenters. The van der Waals surface area contributed by atoms with Gasteiger partial charge in [-0.2, -0.15) is 16.4 Å². The minimum Gasteiger partial charge on any atom is -0.336 e. The third-order valence-electron chi connectivity index (χ3n) is 3.84. The molecule has 0 aliphatic carbocycles. The summed E-state index contributed by atoms with van der Waals surface area (Å²) in [5.74, 6) is 0.150. The number of nitrogens with zero attached hydrogens (tertiary/aromatic N) is 3. The second-order valence-corrected chi connectivity index (χ2v) is 6.21. The molecule has 0 spiro atoms. The molecule has 3 rings (SSSR count). The van der Waals surface area contributed by atoms with Gasteiger partial charge >= 0.3 is 0 Å². The molecule has 4 nitrogen and oxygen atoms in total. The van der Waals surface area contributed by atoms with Gasteiger partial charge in [-0.05, 0) is 44.2 Å². The summed E-state index contributed by atoms with van der Waals surface area (Å²) < 4.78 is 2.09. The fourth-order valence-electron chi connectivity index (χ4n) is 2.92. The Morgan fingerprint density at radius 2 is 2.30 bits per heavy atom. The van der Waals surface area contributed by atoms with Crippen LogP contribution in [0.15, 0.2) is 22.9 Å². The highest BCUT2D eigenvalue weighted by atomic mass is 32.1. The molecular formula is C15H19N3OS. The van der Waals surface area contributed by atoms with Crippen molar-refractivity contribution < 1.29 is 4.79 Å². The van der Waals surface area contributed by atoms with Crippen LogP contribution >= 0.6 is 11.3 Å². The third-order valence-corrected chi connectivity index (χ3v) is 4.53. The predicted molar refractivity (Wildman–Crippen MR) is 80.2 cm³/mol. The van der Waals surface area contributed by atoms with Crippen molar-refractivity contribution in [1.82, 2.24) is 14.7 Å². The Labute approximate surface area is 123 Å². The summed E-state index contributed by atoms with van der Waals surface area (Å²) in [6.45, 7) is 5.71. The number of likely N-dealkylation sites (tertiary alicyclic amines) is 1. The molecule has 2 aromatic rings. The molecule has 1 amide bonds. The van der Waals surface area contributed by atoms with E-state index in [9.17, 15) is 4.79 Å². The smallest absolute Gasteiger partial charge is 0.254 e. The molecule has 3 heterocycles. The van der Waals surface area contributed by atoms with E-state index in [1.165, 1.54) is 5.69 Å². The number of carbonyl (C=O) groups excluding carboxylic acids is 1. The van der Waals surface area contributed by atoms with E-state index in [2.05, 4.69) is 22.8 Å². The van der Waals surface area contributed by atoms with Crippen molar-refractivity contribution in [2.75, 3.05) is 13.1 Å². The summed E-state index contributed by atoms with van der Waals surface area (Å²) in [7, 11) is 0. The molecular weight excluding hydrogens is 270 g/mol. The maximum Gasteiger partial charge on any atom is 0.254 e. The molecule has 1 aliphatic rings. The van der Waals surface area contributed by atoms with Crippen molar-refractivity contribution in [1.29, 1.82) is 0 Å². The van der Waals surface area contributed by atoms with E-state index in [4.69, 9.17) is 0 Å². The molecule has 5 heteroatoms. The van der Waals surface area contributed by atoms with Gasteiger partial charge in [0, 0.05) is 24.2 Å². The van der Waals surface area contributed by atoms with E-state index >= 15 is 0 Å². The minimum absolute atomic E-state index is 0.150. The molecule has 1 aliphatic heterocycles. The fraction of sp³-hybridized carbons (Fsp3) is 0.467. The SMILES string of the molecule is Cc1cc(C)n([C@H]2CCCN(C(=O)c3ccsc3)C2)n1. The fourth-order valence-corrected chi connectivity index (χ4v) is 3.55. The summed E-state index contributed by atoms with van der Waals surface area (Å²) in [6.07, 6.45) is 2.13. The maximum absolute atomic E-state index is 12.4. The maximum atomic E-state index is 12.4. The van der Waals surface area contributed by atoms with Crippen molar-refractivity contribution in [2.45, 2.75) is 32.7 Å². The van der Waals surface area contributed by atoms with Crippen LogP contribution in [0.2, 0.25) is 0 Å². The zero-order chi connectivity index (χ0) is 14.1. The topological polar surface area (TPSA) is 38.1 Å². The standard InChI is InChI=1S/C15H19N3OS/c1-11-8-12(2)18(16-11)14-4-3-6-17(9-14)15(19)13-5-7-20-10-13/h5,7-8,10,14H,3-4,6,9H2,1-2H3/t14-/m0/s1. The summed E-state index contributed by atoms with van der Waals surface area (Å²) >= 11 is 1.57. The molecule has 106 valence electrons. The Kier molecular flexibility index (Phi) is 3.61. The van der Waals surface area contributed by atoms with Crippen molar-refractivity contribution >= 4 is 17.2 Å². The van der Waals surface area contributed by atoms with Gasteiger partial charge in [-0.25, -0.2) is 0 Å². The Morgan fingerprint density at radius 3 is 2.95 bits per heavy atom. The average molecular weight is 289 g/mol. The Balaban J connectivity index is 1.77. The van der Waals surface area contributed by atoms with E-state index < -0.39 is 0 Å². The number of aromatic nitrogens is 2. The zero-order valence-corrected chi connectivity index (χ0v) is 12.7. The predicted octanol–water partition coefficient (Wildman–Crippen LogP) is 3.04. The third kappa shape index (κ3) is 2.50. The van der Waals surface area contributed by atoms with Crippen LogP contribution < -0.4 is 0 Å². The van der Waals surface area contributed by atoms with Gasteiger partial charge in [0.25, 0.3) is 5.91 Å². The first-order chi connectivity index (χ1) is 9.65. The summed E-state index contributed by atoms with van der Waals surface area (Å²) in [5.41, 5.74) is 3.03. The first-order valence-electron chi connectivity index (χ1n) is 6.99. The van der Waals surface area contributed by atoms with Crippen molar-refractivity contribution in [3.05, 3.63) is 39.8 Å². The average Bonchev–Trinajstić information content (AvgIpc) is 3.08. The number of rotatable bonds is 2. The first-order valence-corrected chi connectivity index (χ1v) is 7.93. The van der Waals surface area contributed by atoms with Crippen LogP contribution in [0.1, 0.15) is 40.6 Å². The highest BCUT2D eigenvalue weighted by molar-refractivity contribution is 7.08. The van der Waals surface area contributed by atoms with Crippen molar-refractivity contribution in [2.24, 2.45) is 0 Å². The molecule has 2 aromatic heterocycles. The Hall–Kier alpha value is -1.62. The lowest BCUT2D eigenvalue weighted by Crippen LogP contribution is -2.41. The van der Waals surface area contributed by atoms with E-state index in [-0.39, 0.29) is 5.91 Å². The van der Waals surface area contributed by atoms with Gasteiger partial charge in [0.15, 0.2) is 0 Å². The normalized spacial score (nSPS) is 19.3. The van der Waals surface area contributed by atoms with Crippen LogP contribution in [0.4, 0.5) is 0 Å². The molecule has 0 unspecified atom stereocenters. The number of carbonyl (C=O) groups is 1. The number of thiophene rings is 1. The molecule has 0 radical (unpaired) electrons. The molecule has 0 bridgehead atoms. The van der Waals surface area contributed by atoms with Gasteiger partial charge in [0.05, 0.1) is 17.3 Å².